The molecule has 0 heterocycles. The number of benzene rings is 1. The monoisotopic (exact) mass is 383 g/mol. The highest BCUT2D eigenvalue weighted by atomic mass is 19.3. The van der Waals surface area contributed by atoms with E-state index in [4.69, 9.17) is 10.5 Å². The molecule has 1 aromatic rings. The summed E-state index contributed by atoms with van der Waals surface area (Å²) in [6.07, 6.45) is 0.506. The zero-order valence-corrected chi connectivity index (χ0v) is 15.6. The van der Waals surface area contributed by atoms with Gasteiger partial charge in [0.25, 0.3) is 0 Å². The Morgan fingerprint density at radius 3 is 2.37 bits per heavy atom. The van der Waals surface area contributed by atoms with E-state index in [-0.39, 0.29) is 43.5 Å². The number of carbonyl (C=O) groups is 2. The third-order valence-electron chi connectivity index (χ3n) is 5.07. The van der Waals surface area contributed by atoms with Crippen molar-refractivity contribution in [2.45, 2.75) is 50.1 Å². The maximum absolute atomic E-state index is 13.2. The highest BCUT2D eigenvalue weighted by molar-refractivity contribution is 5.94. The lowest BCUT2D eigenvalue weighted by Crippen LogP contribution is -2.44. The molecule has 27 heavy (non-hydrogen) atoms. The van der Waals surface area contributed by atoms with Crippen molar-refractivity contribution < 1.29 is 23.1 Å². The van der Waals surface area contributed by atoms with Crippen molar-refractivity contribution in [2.24, 2.45) is 11.7 Å². The van der Waals surface area contributed by atoms with E-state index in [9.17, 15) is 18.4 Å². The minimum atomic E-state index is -2.64. The molecule has 6 nitrogen and oxygen atoms in total. The first-order valence-electron chi connectivity index (χ1n) is 9.04. The number of methoxy groups -OCH3 is 1. The third kappa shape index (κ3) is 5.97. The number of amides is 1. The molecule has 1 fully saturated rings. The second-order valence-corrected chi connectivity index (χ2v) is 6.97. The number of esters is 1. The molecule has 0 saturated heterocycles. The molecule has 0 aliphatic heterocycles. The average molecular weight is 383 g/mol. The Morgan fingerprint density at radius 2 is 1.85 bits per heavy atom. The normalized spacial score (nSPS) is 19.1. The van der Waals surface area contributed by atoms with Crippen LogP contribution in [0.1, 0.15) is 31.2 Å². The summed E-state index contributed by atoms with van der Waals surface area (Å²) in [5.41, 5.74) is 7.44. The summed E-state index contributed by atoms with van der Waals surface area (Å²) < 4.78 is 31.2. The number of hydrogen-bond donors (Lipinski definition) is 3. The lowest BCUT2D eigenvalue weighted by molar-refractivity contribution is -0.142. The number of anilines is 1. The Hall–Kier alpha value is -2.06. The Kier molecular flexibility index (Phi) is 7.26. The molecule has 0 radical (unpaired) electrons. The predicted octanol–water partition coefficient (Wildman–Crippen LogP) is 2.08. The molecule has 2 rings (SSSR count). The van der Waals surface area contributed by atoms with Crippen LogP contribution in [0.25, 0.3) is 0 Å². The molecule has 1 saturated carbocycles. The number of nitrogens with two attached hydrogens (primary N) is 1. The van der Waals surface area contributed by atoms with Gasteiger partial charge in [0.15, 0.2) is 0 Å². The van der Waals surface area contributed by atoms with Gasteiger partial charge in [-0.3, -0.25) is 9.59 Å². The zero-order valence-electron chi connectivity index (χ0n) is 15.6. The van der Waals surface area contributed by atoms with E-state index in [0.29, 0.717) is 12.1 Å². The van der Waals surface area contributed by atoms with Crippen LogP contribution < -0.4 is 16.4 Å². The van der Waals surface area contributed by atoms with Crippen molar-refractivity contribution in [1.29, 1.82) is 0 Å². The molecule has 1 aliphatic carbocycles. The molecular formula is C19H27F2N3O3. The number of rotatable bonds is 7. The van der Waals surface area contributed by atoms with Gasteiger partial charge < -0.3 is 21.1 Å². The van der Waals surface area contributed by atoms with Crippen molar-refractivity contribution >= 4 is 17.6 Å². The summed E-state index contributed by atoms with van der Waals surface area (Å²) in [6.45, 7) is 0. The number of nitrogens with one attached hydrogen (secondary N) is 2. The Labute approximate surface area is 157 Å². The van der Waals surface area contributed by atoms with Crippen molar-refractivity contribution in [2.75, 3.05) is 19.5 Å². The van der Waals surface area contributed by atoms with E-state index < -0.39 is 18.0 Å². The maximum Gasteiger partial charge on any atom is 0.323 e. The van der Waals surface area contributed by atoms with E-state index in [1.807, 2.05) is 0 Å². The molecule has 8 heteroatoms. The second-order valence-electron chi connectivity index (χ2n) is 6.97. The van der Waals surface area contributed by atoms with Crippen molar-refractivity contribution in [3.63, 3.8) is 0 Å². The fourth-order valence-corrected chi connectivity index (χ4v) is 3.27. The molecule has 1 aromatic carbocycles. The Morgan fingerprint density at radius 1 is 1.26 bits per heavy atom. The number of halogens is 2. The van der Waals surface area contributed by atoms with Crippen LogP contribution >= 0.6 is 0 Å². The van der Waals surface area contributed by atoms with Crippen LogP contribution in [-0.2, 0) is 20.7 Å². The van der Waals surface area contributed by atoms with Gasteiger partial charge in [-0.1, -0.05) is 12.1 Å². The topological polar surface area (TPSA) is 93.5 Å². The summed E-state index contributed by atoms with van der Waals surface area (Å²) in [7, 11) is 3.01. The standard InChI is InChI=1S/C19H27F2N3O3/c1-23-15(18(26)27-2)11-12-3-5-14(6-4-12)24-17(25)16(22)13-7-9-19(20,21)10-8-13/h3-6,13,15-16,23H,7-11,22H2,1-2H3,(H,24,25)/t15-,16+/m1/s1. The summed E-state index contributed by atoms with van der Waals surface area (Å²) in [5.74, 6) is -3.60. The molecular weight excluding hydrogens is 356 g/mol. The quantitative estimate of drug-likeness (QED) is 0.627. The van der Waals surface area contributed by atoms with E-state index in [2.05, 4.69) is 10.6 Å². The smallest absolute Gasteiger partial charge is 0.323 e. The van der Waals surface area contributed by atoms with E-state index >= 15 is 0 Å². The summed E-state index contributed by atoms with van der Waals surface area (Å²) in [5, 5.41) is 5.62. The van der Waals surface area contributed by atoms with Gasteiger partial charge in [0.05, 0.1) is 13.2 Å². The van der Waals surface area contributed by atoms with Crippen LogP contribution in [0.5, 0.6) is 0 Å². The first kappa shape index (κ1) is 21.2. The molecule has 4 N–H and O–H groups in total. The van der Waals surface area contributed by atoms with Crippen LogP contribution in [0, 0.1) is 5.92 Å². The number of likely N-dealkylation sites (N-methyl/N-ethyl adjacent to an activating group) is 1. The second kappa shape index (κ2) is 9.23. The summed E-state index contributed by atoms with van der Waals surface area (Å²) in [4.78, 5) is 23.9. The summed E-state index contributed by atoms with van der Waals surface area (Å²) >= 11 is 0. The fourth-order valence-electron chi connectivity index (χ4n) is 3.27. The highest BCUT2D eigenvalue weighted by Crippen LogP contribution is 2.37. The van der Waals surface area contributed by atoms with Gasteiger partial charge in [-0.2, -0.15) is 0 Å². The lowest BCUT2D eigenvalue weighted by atomic mass is 9.82. The van der Waals surface area contributed by atoms with Gasteiger partial charge in [-0.05, 0) is 49.9 Å². The first-order valence-corrected chi connectivity index (χ1v) is 9.04. The summed E-state index contributed by atoms with van der Waals surface area (Å²) in [6, 6.07) is 5.78. The Bertz CT molecular complexity index is 642. The SMILES string of the molecule is CN[C@H](Cc1ccc(NC(=O)[C@@H](N)C2CCC(F)(F)CC2)cc1)C(=O)OC. The maximum atomic E-state index is 13.2. The van der Waals surface area contributed by atoms with Gasteiger partial charge in [-0.15, -0.1) is 0 Å². The largest absolute Gasteiger partial charge is 0.468 e. The lowest BCUT2D eigenvalue weighted by Gasteiger charge is -2.31. The van der Waals surface area contributed by atoms with Crippen LogP contribution in [0.2, 0.25) is 0 Å². The van der Waals surface area contributed by atoms with Gasteiger partial charge in [0.2, 0.25) is 11.8 Å². The number of alkyl halides is 2. The molecule has 1 amide bonds. The molecule has 0 bridgehead atoms. The van der Waals surface area contributed by atoms with Crippen molar-refractivity contribution in [1.82, 2.24) is 5.32 Å². The molecule has 0 spiro atoms. The molecule has 150 valence electrons. The van der Waals surface area contributed by atoms with Crippen molar-refractivity contribution in [3.05, 3.63) is 29.8 Å². The average Bonchev–Trinajstić information content (AvgIpc) is 2.66. The van der Waals surface area contributed by atoms with E-state index in [0.717, 1.165) is 5.56 Å². The molecule has 0 aromatic heterocycles. The number of carbonyl (C=O) groups excluding carboxylic acids is 2. The molecule has 1 aliphatic rings. The first-order chi connectivity index (χ1) is 12.8. The Balaban J connectivity index is 1.90. The number of ether oxygens (including phenoxy) is 1. The van der Waals surface area contributed by atoms with Gasteiger partial charge in [0.1, 0.15) is 6.04 Å². The minimum Gasteiger partial charge on any atom is -0.468 e. The third-order valence-corrected chi connectivity index (χ3v) is 5.07. The van der Waals surface area contributed by atoms with Gasteiger partial charge in [0, 0.05) is 18.5 Å². The van der Waals surface area contributed by atoms with E-state index in [1.54, 1.807) is 31.3 Å². The minimum absolute atomic E-state index is 0.222. The molecule has 0 unspecified atom stereocenters. The molecule has 2 atom stereocenters. The van der Waals surface area contributed by atoms with Crippen LogP contribution in [0.15, 0.2) is 24.3 Å². The van der Waals surface area contributed by atoms with Crippen molar-refractivity contribution in [3.8, 4) is 0 Å². The van der Waals surface area contributed by atoms with Gasteiger partial charge >= 0.3 is 5.97 Å². The highest BCUT2D eigenvalue weighted by Gasteiger charge is 2.38. The van der Waals surface area contributed by atoms with Crippen LogP contribution in [-0.4, -0.2) is 44.0 Å². The van der Waals surface area contributed by atoms with Gasteiger partial charge in [-0.25, -0.2) is 8.78 Å². The van der Waals surface area contributed by atoms with Crippen LogP contribution in [0.4, 0.5) is 14.5 Å². The number of hydrogen-bond acceptors (Lipinski definition) is 5. The van der Waals surface area contributed by atoms with Crippen LogP contribution in [0.3, 0.4) is 0 Å². The zero-order chi connectivity index (χ0) is 20.0. The fraction of sp³-hybridized carbons (Fsp3) is 0.579. The van der Waals surface area contributed by atoms with E-state index in [1.165, 1.54) is 7.11 Å². The predicted molar refractivity (Wildman–Crippen MR) is 98.5 cm³/mol.